The van der Waals surface area contributed by atoms with E-state index in [1.54, 1.807) is 12.3 Å². The van der Waals surface area contributed by atoms with Gasteiger partial charge in [-0.25, -0.2) is 9.97 Å². The van der Waals surface area contributed by atoms with Crippen molar-refractivity contribution < 1.29 is 4.79 Å². The summed E-state index contributed by atoms with van der Waals surface area (Å²) in [5.74, 6) is 0.790. The lowest BCUT2D eigenvalue weighted by molar-refractivity contribution is 0.0745. The minimum Gasteiger partial charge on any atom is -0.340 e. The van der Waals surface area contributed by atoms with Crippen LogP contribution >= 0.6 is 0 Å². The first kappa shape index (κ1) is 12.1. The highest BCUT2D eigenvalue weighted by molar-refractivity contribution is 6.04. The Bertz CT molecular complexity index is 615. The lowest BCUT2D eigenvalue weighted by Crippen LogP contribution is -2.38. The van der Waals surface area contributed by atoms with Gasteiger partial charge in [-0.15, -0.1) is 0 Å². The number of nitrogens with one attached hydrogen (secondary N) is 2. The van der Waals surface area contributed by atoms with Crippen LogP contribution in [0.15, 0.2) is 12.3 Å². The van der Waals surface area contributed by atoms with E-state index in [-0.39, 0.29) is 11.9 Å². The topological polar surface area (TPSA) is 73.9 Å². The third-order valence-corrected chi connectivity index (χ3v) is 3.64. The van der Waals surface area contributed by atoms with E-state index in [2.05, 4.69) is 20.3 Å². The molecule has 19 heavy (non-hydrogen) atoms. The molecule has 6 nitrogen and oxygen atoms in total. The van der Waals surface area contributed by atoms with Crippen molar-refractivity contribution in [2.24, 2.45) is 0 Å². The van der Waals surface area contributed by atoms with E-state index in [1.165, 1.54) is 0 Å². The Morgan fingerprint density at radius 3 is 3.11 bits per heavy atom. The van der Waals surface area contributed by atoms with E-state index in [4.69, 9.17) is 0 Å². The zero-order chi connectivity index (χ0) is 13.4. The first-order valence-corrected chi connectivity index (χ1v) is 6.46. The van der Waals surface area contributed by atoms with Gasteiger partial charge in [-0.2, -0.15) is 0 Å². The summed E-state index contributed by atoms with van der Waals surface area (Å²) >= 11 is 0. The van der Waals surface area contributed by atoms with Crippen molar-refractivity contribution in [2.75, 3.05) is 20.1 Å². The maximum atomic E-state index is 12.6. The summed E-state index contributed by atoms with van der Waals surface area (Å²) in [5, 5.41) is 3.27. The van der Waals surface area contributed by atoms with Crippen LogP contribution in [0.2, 0.25) is 0 Å². The number of aromatic nitrogens is 3. The highest BCUT2D eigenvalue weighted by Gasteiger charge is 2.25. The molecule has 2 aromatic heterocycles. The standard InChI is InChI=1S/C13H17N5O/c1-8-16-11-10(4-6-15-12(11)17-8)13(19)18(2)9-3-5-14-7-9/h4,6,9,14H,3,5,7H2,1-2H3,(H,15,16,17). The second-order valence-electron chi connectivity index (χ2n) is 4.94. The Balaban J connectivity index is 1.96. The highest BCUT2D eigenvalue weighted by Crippen LogP contribution is 2.18. The molecule has 100 valence electrons. The monoisotopic (exact) mass is 259 g/mol. The number of likely N-dealkylation sites (N-methyl/N-ethyl adjacent to an activating group) is 1. The molecule has 0 bridgehead atoms. The largest absolute Gasteiger partial charge is 0.340 e. The molecule has 3 rings (SSSR count). The molecule has 0 saturated carbocycles. The van der Waals surface area contributed by atoms with Gasteiger partial charge in [0, 0.05) is 25.8 Å². The van der Waals surface area contributed by atoms with Gasteiger partial charge in [0.15, 0.2) is 5.65 Å². The number of carbonyl (C=O) groups is 1. The van der Waals surface area contributed by atoms with Gasteiger partial charge in [0.1, 0.15) is 5.82 Å². The average molecular weight is 259 g/mol. The van der Waals surface area contributed by atoms with Gasteiger partial charge in [0.2, 0.25) is 0 Å². The number of pyridine rings is 1. The number of aromatic amines is 1. The number of hydrogen-bond donors (Lipinski definition) is 2. The van der Waals surface area contributed by atoms with Crippen LogP contribution in [0.4, 0.5) is 0 Å². The zero-order valence-electron chi connectivity index (χ0n) is 11.1. The summed E-state index contributed by atoms with van der Waals surface area (Å²) in [4.78, 5) is 25.9. The van der Waals surface area contributed by atoms with Gasteiger partial charge >= 0.3 is 0 Å². The molecule has 1 unspecified atom stereocenters. The number of amides is 1. The molecule has 0 radical (unpaired) electrons. The van der Waals surface area contributed by atoms with E-state index < -0.39 is 0 Å². The molecule has 2 N–H and O–H groups in total. The van der Waals surface area contributed by atoms with Crippen molar-refractivity contribution >= 4 is 17.1 Å². The minimum atomic E-state index is 0.0183. The molecule has 3 heterocycles. The molecule has 0 aromatic carbocycles. The van der Waals surface area contributed by atoms with E-state index in [1.807, 2.05) is 18.9 Å². The predicted octanol–water partition coefficient (Wildman–Crippen LogP) is 0.700. The Kier molecular flexibility index (Phi) is 2.94. The van der Waals surface area contributed by atoms with E-state index in [0.717, 1.165) is 30.9 Å². The van der Waals surface area contributed by atoms with Crippen molar-refractivity contribution in [2.45, 2.75) is 19.4 Å². The third-order valence-electron chi connectivity index (χ3n) is 3.64. The van der Waals surface area contributed by atoms with Crippen molar-refractivity contribution in [1.29, 1.82) is 0 Å². The van der Waals surface area contributed by atoms with Gasteiger partial charge < -0.3 is 15.2 Å². The van der Waals surface area contributed by atoms with Gasteiger partial charge in [0.25, 0.3) is 5.91 Å². The number of carbonyl (C=O) groups excluding carboxylic acids is 1. The summed E-state index contributed by atoms with van der Waals surface area (Å²) in [6.45, 7) is 3.69. The summed E-state index contributed by atoms with van der Waals surface area (Å²) < 4.78 is 0. The molecule has 0 spiro atoms. The van der Waals surface area contributed by atoms with Crippen molar-refractivity contribution in [1.82, 2.24) is 25.2 Å². The molecule has 1 amide bonds. The first-order valence-electron chi connectivity index (χ1n) is 6.46. The Hall–Kier alpha value is -1.95. The van der Waals surface area contributed by atoms with Gasteiger partial charge in [-0.1, -0.05) is 0 Å². The first-order chi connectivity index (χ1) is 9.16. The van der Waals surface area contributed by atoms with Gasteiger partial charge in [0.05, 0.1) is 11.1 Å². The lowest BCUT2D eigenvalue weighted by atomic mass is 10.1. The number of nitrogens with zero attached hydrogens (tertiary/aromatic N) is 3. The molecule has 1 fully saturated rings. The molecular weight excluding hydrogens is 242 g/mol. The van der Waals surface area contributed by atoms with Crippen LogP contribution in [0.3, 0.4) is 0 Å². The Morgan fingerprint density at radius 1 is 1.53 bits per heavy atom. The number of rotatable bonds is 2. The van der Waals surface area contributed by atoms with Crippen LogP contribution in [-0.2, 0) is 0 Å². The van der Waals surface area contributed by atoms with E-state index in [0.29, 0.717) is 11.2 Å². The molecule has 2 aromatic rings. The van der Waals surface area contributed by atoms with Crippen LogP contribution in [0.5, 0.6) is 0 Å². The number of imidazole rings is 1. The van der Waals surface area contributed by atoms with Crippen LogP contribution < -0.4 is 5.32 Å². The van der Waals surface area contributed by atoms with Crippen LogP contribution in [0, 0.1) is 6.92 Å². The normalized spacial score (nSPS) is 18.9. The quantitative estimate of drug-likeness (QED) is 0.832. The van der Waals surface area contributed by atoms with Crippen molar-refractivity contribution in [3.63, 3.8) is 0 Å². The van der Waals surface area contributed by atoms with Crippen molar-refractivity contribution in [3.8, 4) is 0 Å². The van der Waals surface area contributed by atoms with Crippen LogP contribution in [-0.4, -0.2) is 51.9 Å². The smallest absolute Gasteiger partial charge is 0.256 e. The molecule has 1 aliphatic heterocycles. The summed E-state index contributed by atoms with van der Waals surface area (Å²) in [6, 6.07) is 2.01. The van der Waals surface area contributed by atoms with Gasteiger partial charge in [-0.05, 0) is 26.0 Å². The fourth-order valence-electron chi connectivity index (χ4n) is 2.53. The minimum absolute atomic E-state index is 0.0183. The maximum absolute atomic E-state index is 12.6. The highest BCUT2D eigenvalue weighted by atomic mass is 16.2. The van der Waals surface area contributed by atoms with E-state index in [9.17, 15) is 4.79 Å². The Labute approximate surface area is 111 Å². The summed E-state index contributed by atoms with van der Waals surface area (Å²) in [7, 11) is 1.86. The number of hydrogen-bond acceptors (Lipinski definition) is 4. The van der Waals surface area contributed by atoms with Crippen LogP contribution in [0.1, 0.15) is 22.6 Å². The second-order valence-corrected chi connectivity index (χ2v) is 4.94. The SMILES string of the molecule is Cc1nc2nccc(C(=O)N(C)C3CCNC3)c2[nH]1. The molecule has 1 atom stereocenters. The zero-order valence-corrected chi connectivity index (χ0v) is 11.1. The molecule has 6 heteroatoms. The average Bonchev–Trinajstić information content (AvgIpc) is 3.04. The number of fused-ring (bicyclic) bond motifs is 1. The third kappa shape index (κ3) is 2.08. The molecule has 1 aliphatic rings. The predicted molar refractivity (Wildman–Crippen MR) is 72.0 cm³/mol. The molecular formula is C13H17N5O. The Morgan fingerprint density at radius 2 is 2.37 bits per heavy atom. The van der Waals surface area contributed by atoms with Crippen molar-refractivity contribution in [3.05, 3.63) is 23.7 Å². The summed E-state index contributed by atoms with van der Waals surface area (Å²) in [6.07, 6.45) is 2.63. The second kappa shape index (κ2) is 4.62. The lowest BCUT2D eigenvalue weighted by Gasteiger charge is -2.23. The molecule has 1 saturated heterocycles. The fraction of sp³-hybridized carbons (Fsp3) is 0.462. The number of aryl methyl sites for hydroxylation is 1. The summed E-state index contributed by atoms with van der Waals surface area (Å²) in [5.41, 5.74) is 1.96. The van der Waals surface area contributed by atoms with E-state index >= 15 is 0 Å². The maximum Gasteiger partial charge on any atom is 0.256 e. The van der Waals surface area contributed by atoms with Crippen LogP contribution in [0.25, 0.3) is 11.2 Å². The fourth-order valence-corrected chi connectivity index (χ4v) is 2.53. The van der Waals surface area contributed by atoms with Gasteiger partial charge in [-0.3, -0.25) is 4.79 Å². The number of H-pyrrole nitrogens is 1. The molecule has 0 aliphatic carbocycles.